The fraction of sp³-hybridized carbons (Fsp3) is 0.562. The van der Waals surface area contributed by atoms with Crippen LogP contribution in [0.5, 0.6) is 5.75 Å². The molecule has 1 aliphatic carbocycles. The number of hydrogen-bond donors (Lipinski definition) is 1. The quantitative estimate of drug-likeness (QED) is 0.877. The first-order valence-electron chi connectivity index (χ1n) is 7.29. The lowest BCUT2D eigenvalue weighted by Crippen LogP contribution is -2.36. The van der Waals surface area contributed by atoms with E-state index in [1.165, 1.54) is 19.3 Å². The van der Waals surface area contributed by atoms with E-state index in [1.54, 1.807) is 7.11 Å². The molecule has 21 heavy (non-hydrogen) atoms. The monoisotopic (exact) mass is 308 g/mol. The first-order chi connectivity index (χ1) is 10.1. The Bertz CT molecular complexity index is 464. The molecule has 1 amide bonds. The molecule has 4 nitrogen and oxygen atoms in total. The van der Waals surface area contributed by atoms with Crippen molar-refractivity contribution < 1.29 is 9.53 Å². The number of carbonyl (C=O) groups excluding carboxylic acids is 1. The minimum absolute atomic E-state index is 0.0373. The molecule has 1 fully saturated rings. The maximum atomic E-state index is 12.1. The zero-order valence-corrected chi connectivity index (χ0v) is 13.8. The summed E-state index contributed by atoms with van der Waals surface area (Å²) in [7, 11) is 3.67. The zero-order chi connectivity index (χ0) is 15.2. The summed E-state index contributed by atoms with van der Waals surface area (Å²) < 4.78 is 5.10. The molecule has 1 aliphatic rings. The molecule has 0 aromatic heterocycles. The fourth-order valence-electron chi connectivity index (χ4n) is 2.76. The Hall–Kier alpha value is -1.20. The normalized spacial score (nSPS) is 21.5. The summed E-state index contributed by atoms with van der Waals surface area (Å²) >= 11 is 1.94. The number of hydrogen-bond acceptors (Lipinski definition) is 4. The average molecular weight is 308 g/mol. The van der Waals surface area contributed by atoms with Gasteiger partial charge >= 0.3 is 0 Å². The number of nitrogens with zero attached hydrogens (tertiary/aromatic N) is 1. The van der Waals surface area contributed by atoms with E-state index in [9.17, 15) is 4.79 Å². The molecular weight excluding hydrogens is 284 g/mol. The Morgan fingerprint density at radius 2 is 2.10 bits per heavy atom. The van der Waals surface area contributed by atoms with Crippen molar-refractivity contribution in [3.05, 3.63) is 24.3 Å². The van der Waals surface area contributed by atoms with Crippen molar-refractivity contribution in [2.75, 3.05) is 32.3 Å². The molecule has 0 saturated heterocycles. The van der Waals surface area contributed by atoms with Gasteiger partial charge in [-0.2, -0.15) is 11.8 Å². The summed E-state index contributed by atoms with van der Waals surface area (Å²) in [4.78, 5) is 14.3. The van der Waals surface area contributed by atoms with Crippen molar-refractivity contribution in [1.29, 1.82) is 0 Å². The van der Waals surface area contributed by atoms with Crippen LogP contribution in [0.15, 0.2) is 24.3 Å². The third-order valence-corrected chi connectivity index (χ3v) is 5.18. The van der Waals surface area contributed by atoms with Crippen LogP contribution in [0.1, 0.15) is 19.3 Å². The van der Waals surface area contributed by atoms with Crippen LogP contribution in [-0.4, -0.2) is 49.1 Å². The summed E-state index contributed by atoms with van der Waals surface area (Å²) in [6, 6.07) is 7.94. The third-order valence-electron chi connectivity index (χ3n) is 4.08. The van der Waals surface area contributed by atoms with Crippen LogP contribution >= 0.6 is 11.8 Å². The van der Waals surface area contributed by atoms with E-state index in [4.69, 9.17) is 4.74 Å². The number of carbonyl (C=O) groups is 1. The first-order valence-corrected chi connectivity index (χ1v) is 8.58. The van der Waals surface area contributed by atoms with Crippen LogP contribution in [0.4, 0.5) is 5.69 Å². The second-order valence-corrected chi connectivity index (χ2v) is 6.65. The number of nitrogens with one attached hydrogen (secondary N) is 1. The summed E-state index contributed by atoms with van der Waals surface area (Å²) in [5, 5.41) is 3.68. The molecule has 0 bridgehead atoms. The molecule has 0 spiro atoms. The van der Waals surface area contributed by atoms with E-state index in [1.807, 2.05) is 43.1 Å². The van der Waals surface area contributed by atoms with Crippen molar-refractivity contribution in [2.45, 2.75) is 30.6 Å². The highest BCUT2D eigenvalue weighted by atomic mass is 32.2. The number of thioether (sulfide) groups is 1. The maximum absolute atomic E-state index is 12.1. The number of likely N-dealkylation sites (N-methyl/N-ethyl adjacent to an activating group) is 1. The maximum Gasteiger partial charge on any atom is 0.238 e. The van der Waals surface area contributed by atoms with E-state index >= 15 is 0 Å². The molecule has 1 saturated carbocycles. The molecule has 1 aromatic rings. The predicted molar refractivity (Wildman–Crippen MR) is 89.2 cm³/mol. The van der Waals surface area contributed by atoms with Crippen LogP contribution in [0.25, 0.3) is 0 Å². The van der Waals surface area contributed by atoms with Crippen molar-refractivity contribution in [2.24, 2.45) is 0 Å². The van der Waals surface area contributed by atoms with Crippen LogP contribution in [0.3, 0.4) is 0 Å². The van der Waals surface area contributed by atoms with Gasteiger partial charge in [0.05, 0.1) is 13.7 Å². The highest BCUT2D eigenvalue weighted by Crippen LogP contribution is 2.30. The lowest BCUT2D eigenvalue weighted by atomic mass is 10.2. The molecule has 2 rings (SSSR count). The van der Waals surface area contributed by atoms with Gasteiger partial charge in [-0.05, 0) is 56.8 Å². The zero-order valence-electron chi connectivity index (χ0n) is 13.0. The molecule has 0 radical (unpaired) electrons. The SMILES string of the molecule is COc1ccc(NC(=O)CN(C)C2CCC(SC)C2)cc1. The third kappa shape index (κ3) is 4.64. The summed E-state index contributed by atoms with van der Waals surface area (Å²) in [6.45, 7) is 0.442. The Morgan fingerprint density at radius 1 is 1.38 bits per heavy atom. The molecule has 1 aromatic carbocycles. The van der Waals surface area contributed by atoms with E-state index in [0.717, 1.165) is 16.7 Å². The largest absolute Gasteiger partial charge is 0.497 e. The van der Waals surface area contributed by atoms with Crippen molar-refractivity contribution in [3.63, 3.8) is 0 Å². The van der Waals surface area contributed by atoms with Gasteiger partial charge in [0, 0.05) is 17.0 Å². The van der Waals surface area contributed by atoms with Gasteiger partial charge in [0.15, 0.2) is 0 Å². The number of amides is 1. The summed E-state index contributed by atoms with van der Waals surface area (Å²) in [5.74, 6) is 0.828. The molecule has 0 heterocycles. The number of ether oxygens (including phenoxy) is 1. The van der Waals surface area contributed by atoms with Crippen LogP contribution < -0.4 is 10.1 Å². The molecular formula is C16H24N2O2S. The smallest absolute Gasteiger partial charge is 0.238 e. The molecule has 1 N–H and O–H groups in total. The van der Waals surface area contributed by atoms with Crippen LogP contribution in [-0.2, 0) is 4.79 Å². The average Bonchev–Trinajstić information content (AvgIpc) is 2.97. The van der Waals surface area contributed by atoms with Gasteiger partial charge in [-0.25, -0.2) is 0 Å². The lowest BCUT2D eigenvalue weighted by Gasteiger charge is -2.23. The molecule has 2 unspecified atom stereocenters. The van der Waals surface area contributed by atoms with Crippen LogP contribution in [0.2, 0.25) is 0 Å². The summed E-state index contributed by atoms with van der Waals surface area (Å²) in [6.07, 6.45) is 5.81. The predicted octanol–water partition coefficient (Wildman–Crippen LogP) is 2.85. The number of benzene rings is 1. The van der Waals surface area contributed by atoms with E-state index < -0.39 is 0 Å². The highest BCUT2D eigenvalue weighted by Gasteiger charge is 2.27. The topological polar surface area (TPSA) is 41.6 Å². The van der Waals surface area contributed by atoms with Gasteiger partial charge in [-0.3, -0.25) is 9.69 Å². The second-order valence-electron chi connectivity index (χ2n) is 5.52. The highest BCUT2D eigenvalue weighted by molar-refractivity contribution is 7.99. The van der Waals surface area contributed by atoms with Crippen LogP contribution in [0, 0.1) is 0 Å². The Kier molecular flexibility index (Phi) is 5.94. The van der Waals surface area contributed by atoms with E-state index in [-0.39, 0.29) is 5.91 Å². The number of methoxy groups -OCH3 is 1. The minimum Gasteiger partial charge on any atom is -0.497 e. The van der Waals surface area contributed by atoms with Gasteiger partial charge < -0.3 is 10.1 Å². The Morgan fingerprint density at radius 3 is 2.67 bits per heavy atom. The minimum atomic E-state index is 0.0373. The van der Waals surface area contributed by atoms with Gasteiger partial charge in [-0.15, -0.1) is 0 Å². The lowest BCUT2D eigenvalue weighted by molar-refractivity contribution is -0.117. The van der Waals surface area contributed by atoms with Crippen molar-refractivity contribution >= 4 is 23.4 Å². The molecule has 0 aliphatic heterocycles. The number of anilines is 1. The number of rotatable bonds is 6. The fourth-order valence-corrected chi connectivity index (χ4v) is 3.55. The molecule has 2 atom stereocenters. The Labute approximate surface area is 131 Å². The van der Waals surface area contributed by atoms with Crippen molar-refractivity contribution in [3.8, 4) is 5.75 Å². The van der Waals surface area contributed by atoms with Crippen molar-refractivity contribution in [1.82, 2.24) is 4.90 Å². The van der Waals surface area contributed by atoms with Gasteiger partial charge in [0.1, 0.15) is 5.75 Å². The standard InChI is InChI=1S/C16H24N2O2S/c1-18(13-6-9-15(10-13)21-3)11-16(19)17-12-4-7-14(20-2)8-5-12/h4-5,7-8,13,15H,6,9-11H2,1-3H3,(H,17,19). The van der Waals surface area contributed by atoms with Gasteiger partial charge in [-0.1, -0.05) is 0 Å². The second kappa shape index (κ2) is 7.71. The first kappa shape index (κ1) is 16.2. The molecule has 5 heteroatoms. The van der Waals surface area contributed by atoms with E-state index in [2.05, 4.69) is 16.5 Å². The Balaban J connectivity index is 1.80. The van der Waals surface area contributed by atoms with E-state index in [0.29, 0.717) is 12.6 Å². The molecule has 116 valence electrons. The van der Waals surface area contributed by atoms with Gasteiger partial charge in [0.2, 0.25) is 5.91 Å². The van der Waals surface area contributed by atoms with Gasteiger partial charge in [0.25, 0.3) is 0 Å². The summed E-state index contributed by atoms with van der Waals surface area (Å²) in [5.41, 5.74) is 0.808.